The van der Waals surface area contributed by atoms with Gasteiger partial charge in [-0.2, -0.15) is 0 Å². The van der Waals surface area contributed by atoms with Gasteiger partial charge in [0, 0.05) is 12.5 Å². The number of benzene rings is 2. The van der Waals surface area contributed by atoms with E-state index in [9.17, 15) is 10.2 Å². The van der Waals surface area contributed by atoms with Crippen LogP contribution in [0.5, 0.6) is 5.75 Å². The van der Waals surface area contributed by atoms with Crippen LogP contribution in [-0.4, -0.2) is 22.9 Å². The number of aliphatic hydroxyl groups is 2. The SMILES string of the molecule is CCC1C(C)C(CO)CC(O)C1c1ccc(OCc2ccccc2)cc1. The van der Waals surface area contributed by atoms with Crippen molar-refractivity contribution in [2.24, 2.45) is 17.8 Å². The van der Waals surface area contributed by atoms with Crippen LogP contribution in [0, 0.1) is 17.8 Å². The maximum atomic E-state index is 10.7. The van der Waals surface area contributed by atoms with Crippen LogP contribution in [-0.2, 0) is 6.61 Å². The molecule has 140 valence electrons. The highest BCUT2D eigenvalue weighted by Gasteiger charge is 2.41. The fraction of sp³-hybridized carbons (Fsp3) is 0.478. The first kappa shape index (κ1) is 18.9. The van der Waals surface area contributed by atoms with E-state index in [1.165, 1.54) is 5.56 Å². The summed E-state index contributed by atoms with van der Waals surface area (Å²) in [5.74, 6) is 1.96. The van der Waals surface area contributed by atoms with Crippen LogP contribution < -0.4 is 4.74 Å². The van der Waals surface area contributed by atoms with E-state index >= 15 is 0 Å². The maximum absolute atomic E-state index is 10.7. The van der Waals surface area contributed by atoms with Crippen molar-refractivity contribution >= 4 is 0 Å². The zero-order chi connectivity index (χ0) is 18.5. The molecule has 0 aromatic heterocycles. The van der Waals surface area contributed by atoms with Crippen LogP contribution in [0.25, 0.3) is 0 Å². The molecule has 3 nitrogen and oxygen atoms in total. The van der Waals surface area contributed by atoms with E-state index in [2.05, 4.69) is 38.1 Å². The van der Waals surface area contributed by atoms with Crippen LogP contribution in [0.3, 0.4) is 0 Å². The molecule has 0 saturated heterocycles. The lowest BCUT2D eigenvalue weighted by molar-refractivity contribution is -0.0113. The Morgan fingerprint density at radius 1 is 1.04 bits per heavy atom. The van der Waals surface area contributed by atoms with Crippen LogP contribution in [0.4, 0.5) is 0 Å². The molecule has 0 bridgehead atoms. The zero-order valence-electron chi connectivity index (χ0n) is 15.7. The molecule has 0 heterocycles. The molecule has 26 heavy (non-hydrogen) atoms. The average Bonchev–Trinajstić information content (AvgIpc) is 2.68. The van der Waals surface area contributed by atoms with E-state index < -0.39 is 6.10 Å². The summed E-state index contributed by atoms with van der Waals surface area (Å²) in [7, 11) is 0. The standard InChI is InChI=1S/C23H30O3/c1-3-21-16(2)19(14-24)13-22(25)23(21)18-9-11-20(12-10-18)26-15-17-7-5-4-6-8-17/h4-12,16,19,21-25H,3,13-15H2,1-2H3. The Hall–Kier alpha value is -1.84. The van der Waals surface area contributed by atoms with Crippen molar-refractivity contribution in [1.82, 2.24) is 0 Å². The van der Waals surface area contributed by atoms with Gasteiger partial charge in [-0.05, 0) is 47.4 Å². The second-order valence-electron chi connectivity index (χ2n) is 7.55. The predicted octanol–water partition coefficient (Wildman–Crippen LogP) is 4.38. The second kappa shape index (κ2) is 8.70. The number of hydrogen-bond donors (Lipinski definition) is 2. The van der Waals surface area contributed by atoms with Gasteiger partial charge in [-0.25, -0.2) is 0 Å². The largest absolute Gasteiger partial charge is 0.489 e. The summed E-state index contributed by atoms with van der Waals surface area (Å²) in [6, 6.07) is 18.3. The van der Waals surface area contributed by atoms with Crippen LogP contribution in [0.1, 0.15) is 43.7 Å². The van der Waals surface area contributed by atoms with Gasteiger partial charge >= 0.3 is 0 Å². The molecule has 0 amide bonds. The lowest BCUT2D eigenvalue weighted by Crippen LogP contribution is -2.41. The van der Waals surface area contributed by atoms with E-state index in [0.29, 0.717) is 24.9 Å². The minimum Gasteiger partial charge on any atom is -0.489 e. The van der Waals surface area contributed by atoms with Gasteiger partial charge in [0.1, 0.15) is 12.4 Å². The average molecular weight is 354 g/mol. The van der Waals surface area contributed by atoms with Gasteiger partial charge in [-0.3, -0.25) is 0 Å². The Labute approximate surface area is 156 Å². The summed E-state index contributed by atoms with van der Waals surface area (Å²) in [4.78, 5) is 0. The molecular weight excluding hydrogens is 324 g/mol. The van der Waals surface area contributed by atoms with Gasteiger partial charge in [-0.15, -0.1) is 0 Å². The van der Waals surface area contributed by atoms with Gasteiger partial charge in [0.2, 0.25) is 0 Å². The first-order valence-electron chi connectivity index (χ1n) is 9.69. The molecule has 1 aliphatic rings. The number of rotatable bonds is 6. The monoisotopic (exact) mass is 354 g/mol. The Morgan fingerprint density at radius 2 is 1.73 bits per heavy atom. The summed E-state index contributed by atoms with van der Waals surface area (Å²) in [6.45, 7) is 5.11. The normalized spacial score (nSPS) is 28.7. The van der Waals surface area contributed by atoms with Gasteiger partial charge in [0.25, 0.3) is 0 Å². The van der Waals surface area contributed by atoms with E-state index in [0.717, 1.165) is 17.7 Å². The third-order valence-electron chi connectivity index (χ3n) is 6.06. The van der Waals surface area contributed by atoms with Crippen molar-refractivity contribution in [3.63, 3.8) is 0 Å². The van der Waals surface area contributed by atoms with E-state index in [4.69, 9.17) is 4.74 Å². The molecule has 3 rings (SSSR count). The van der Waals surface area contributed by atoms with Gasteiger partial charge in [0.15, 0.2) is 0 Å². The highest BCUT2D eigenvalue weighted by molar-refractivity contribution is 5.31. The highest BCUT2D eigenvalue weighted by Crippen LogP contribution is 2.45. The minimum atomic E-state index is -0.399. The lowest BCUT2D eigenvalue weighted by Gasteiger charge is -2.44. The van der Waals surface area contributed by atoms with Crippen molar-refractivity contribution in [3.8, 4) is 5.75 Å². The molecule has 0 spiro atoms. The van der Waals surface area contributed by atoms with E-state index in [-0.39, 0.29) is 18.4 Å². The fourth-order valence-corrected chi connectivity index (χ4v) is 4.50. The molecule has 2 N–H and O–H groups in total. The lowest BCUT2D eigenvalue weighted by atomic mass is 9.63. The highest BCUT2D eigenvalue weighted by atomic mass is 16.5. The summed E-state index contributed by atoms with van der Waals surface area (Å²) >= 11 is 0. The molecule has 2 aromatic rings. The Balaban J connectivity index is 1.70. The molecule has 0 radical (unpaired) electrons. The van der Waals surface area contributed by atoms with E-state index in [1.807, 2.05) is 30.3 Å². The number of ether oxygens (including phenoxy) is 1. The number of hydrogen-bond acceptors (Lipinski definition) is 3. The van der Waals surface area contributed by atoms with Crippen molar-refractivity contribution in [1.29, 1.82) is 0 Å². The van der Waals surface area contributed by atoms with Crippen LogP contribution in [0.2, 0.25) is 0 Å². The quantitative estimate of drug-likeness (QED) is 0.809. The van der Waals surface area contributed by atoms with Crippen molar-refractivity contribution in [2.45, 2.75) is 45.3 Å². The van der Waals surface area contributed by atoms with Gasteiger partial charge < -0.3 is 14.9 Å². The Bertz CT molecular complexity index is 668. The van der Waals surface area contributed by atoms with Crippen LogP contribution >= 0.6 is 0 Å². The molecule has 2 aromatic carbocycles. The zero-order valence-corrected chi connectivity index (χ0v) is 15.7. The van der Waals surface area contributed by atoms with Crippen molar-refractivity contribution < 1.29 is 14.9 Å². The topological polar surface area (TPSA) is 49.7 Å². The second-order valence-corrected chi connectivity index (χ2v) is 7.55. The third-order valence-corrected chi connectivity index (χ3v) is 6.06. The minimum absolute atomic E-state index is 0.126. The first-order chi connectivity index (χ1) is 12.6. The van der Waals surface area contributed by atoms with Gasteiger partial charge in [0.05, 0.1) is 6.10 Å². The fourth-order valence-electron chi connectivity index (χ4n) is 4.50. The van der Waals surface area contributed by atoms with E-state index in [1.54, 1.807) is 0 Å². The molecule has 0 aliphatic heterocycles. The first-order valence-corrected chi connectivity index (χ1v) is 9.69. The molecular formula is C23H30O3. The molecule has 5 unspecified atom stereocenters. The molecule has 1 fully saturated rings. The Morgan fingerprint density at radius 3 is 2.35 bits per heavy atom. The molecule has 1 saturated carbocycles. The molecule has 3 heteroatoms. The Kier molecular flexibility index (Phi) is 6.33. The summed E-state index contributed by atoms with van der Waals surface area (Å²) in [5.41, 5.74) is 2.31. The van der Waals surface area contributed by atoms with Crippen LogP contribution in [0.15, 0.2) is 54.6 Å². The third kappa shape index (κ3) is 4.11. The molecule has 1 aliphatic carbocycles. The van der Waals surface area contributed by atoms with Crippen molar-refractivity contribution in [3.05, 3.63) is 65.7 Å². The summed E-state index contributed by atoms with van der Waals surface area (Å²) in [6.07, 6.45) is 1.28. The molecule has 5 atom stereocenters. The summed E-state index contributed by atoms with van der Waals surface area (Å²) in [5, 5.41) is 20.3. The van der Waals surface area contributed by atoms with Crippen molar-refractivity contribution in [2.75, 3.05) is 6.61 Å². The summed E-state index contributed by atoms with van der Waals surface area (Å²) < 4.78 is 5.87. The predicted molar refractivity (Wildman–Crippen MR) is 104 cm³/mol. The van der Waals surface area contributed by atoms with Gasteiger partial charge in [-0.1, -0.05) is 62.7 Å². The smallest absolute Gasteiger partial charge is 0.119 e. The number of aliphatic hydroxyl groups excluding tert-OH is 2. The maximum Gasteiger partial charge on any atom is 0.119 e.